The van der Waals surface area contributed by atoms with Crippen LogP contribution in [0.5, 0.6) is 5.75 Å². The maximum absolute atomic E-state index is 12.9. The zero-order valence-electron chi connectivity index (χ0n) is 6.48. The SMILES string of the molecule is C#CCOc1cc(Br)c(F)cc1F. The molecule has 0 aliphatic heterocycles. The van der Waals surface area contributed by atoms with Crippen LogP contribution in [0.25, 0.3) is 0 Å². The number of benzene rings is 1. The molecule has 1 aromatic rings. The third-order valence-electron chi connectivity index (χ3n) is 1.29. The van der Waals surface area contributed by atoms with Crippen molar-refractivity contribution in [3.8, 4) is 18.1 Å². The molecule has 68 valence electrons. The van der Waals surface area contributed by atoms with Gasteiger partial charge in [0.15, 0.2) is 11.6 Å². The van der Waals surface area contributed by atoms with Gasteiger partial charge in [-0.2, -0.15) is 0 Å². The summed E-state index contributed by atoms with van der Waals surface area (Å²) in [5.41, 5.74) is 0. The Bertz CT molecular complexity index is 357. The fourth-order valence-electron chi connectivity index (χ4n) is 0.734. The molecule has 0 bridgehead atoms. The monoisotopic (exact) mass is 246 g/mol. The number of hydrogen-bond acceptors (Lipinski definition) is 1. The largest absolute Gasteiger partial charge is 0.478 e. The molecule has 0 fully saturated rings. The van der Waals surface area contributed by atoms with Crippen molar-refractivity contribution in [2.75, 3.05) is 6.61 Å². The molecule has 0 radical (unpaired) electrons. The van der Waals surface area contributed by atoms with Gasteiger partial charge in [-0.25, -0.2) is 8.78 Å². The fourth-order valence-corrected chi connectivity index (χ4v) is 1.06. The molecule has 0 unspecified atom stereocenters. The molecule has 1 rings (SSSR count). The Morgan fingerprint density at radius 1 is 1.38 bits per heavy atom. The summed E-state index contributed by atoms with van der Waals surface area (Å²) in [6.07, 6.45) is 4.91. The van der Waals surface area contributed by atoms with E-state index in [-0.39, 0.29) is 16.8 Å². The van der Waals surface area contributed by atoms with Crippen molar-refractivity contribution in [1.29, 1.82) is 0 Å². The summed E-state index contributed by atoms with van der Waals surface area (Å²) in [7, 11) is 0. The maximum atomic E-state index is 12.9. The molecule has 0 heterocycles. The van der Waals surface area contributed by atoms with Gasteiger partial charge in [0.1, 0.15) is 12.4 Å². The molecular formula is C9H5BrF2O. The van der Waals surface area contributed by atoms with E-state index in [9.17, 15) is 8.78 Å². The first-order valence-electron chi connectivity index (χ1n) is 3.36. The van der Waals surface area contributed by atoms with Crippen LogP contribution in [0.15, 0.2) is 16.6 Å². The normalized spacial score (nSPS) is 9.38. The Morgan fingerprint density at radius 2 is 2.08 bits per heavy atom. The lowest BCUT2D eigenvalue weighted by atomic mass is 10.3. The van der Waals surface area contributed by atoms with Gasteiger partial charge in [0.05, 0.1) is 4.47 Å². The molecule has 0 amide bonds. The van der Waals surface area contributed by atoms with Gasteiger partial charge in [0.25, 0.3) is 0 Å². The second kappa shape index (κ2) is 4.24. The van der Waals surface area contributed by atoms with Crippen molar-refractivity contribution in [2.24, 2.45) is 0 Å². The van der Waals surface area contributed by atoms with E-state index in [0.717, 1.165) is 6.07 Å². The summed E-state index contributed by atoms with van der Waals surface area (Å²) in [5.74, 6) is 0.673. The summed E-state index contributed by atoms with van der Waals surface area (Å²) in [5, 5.41) is 0. The summed E-state index contributed by atoms with van der Waals surface area (Å²) in [4.78, 5) is 0. The molecule has 0 saturated heterocycles. The van der Waals surface area contributed by atoms with Gasteiger partial charge >= 0.3 is 0 Å². The van der Waals surface area contributed by atoms with Crippen molar-refractivity contribution in [1.82, 2.24) is 0 Å². The van der Waals surface area contributed by atoms with Crippen molar-refractivity contribution in [2.45, 2.75) is 0 Å². The summed E-state index contributed by atoms with van der Waals surface area (Å²) < 4.78 is 30.6. The molecule has 0 spiro atoms. The highest BCUT2D eigenvalue weighted by molar-refractivity contribution is 9.10. The minimum absolute atomic E-state index is 0.0466. The van der Waals surface area contributed by atoms with Gasteiger partial charge < -0.3 is 4.74 Å². The molecule has 0 atom stereocenters. The quantitative estimate of drug-likeness (QED) is 0.576. The first-order chi connectivity index (χ1) is 6.15. The molecule has 0 aliphatic carbocycles. The Kier molecular flexibility index (Phi) is 3.26. The number of terminal acetylenes is 1. The minimum atomic E-state index is -0.768. The van der Waals surface area contributed by atoms with Crippen LogP contribution in [0.3, 0.4) is 0 Å². The van der Waals surface area contributed by atoms with Gasteiger partial charge in [-0.1, -0.05) is 5.92 Å². The van der Waals surface area contributed by atoms with Crippen molar-refractivity contribution >= 4 is 15.9 Å². The molecule has 13 heavy (non-hydrogen) atoms. The van der Waals surface area contributed by atoms with E-state index in [1.807, 2.05) is 0 Å². The van der Waals surface area contributed by atoms with Crippen LogP contribution in [0.2, 0.25) is 0 Å². The van der Waals surface area contributed by atoms with Gasteiger partial charge in [0.2, 0.25) is 0 Å². The average Bonchev–Trinajstić information content (AvgIpc) is 2.09. The second-order valence-corrected chi connectivity index (χ2v) is 3.04. The van der Waals surface area contributed by atoms with Crippen LogP contribution < -0.4 is 4.74 Å². The lowest BCUT2D eigenvalue weighted by molar-refractivity contribution is 0.346. The Hall–Kier alpha value is -1.08. The maximum Gasteiger partial charge on any atom is 0.168 e. The van der Waals surface area contributed by atoms with E-state index < -0.39 is 11.6 Å². The van der Waals surface area contributed by atoms with Crippen molar-refractivity contribution < 1.29 is 13.5 Å². The third kappa shape index (κ3) is 2.43. The van der Waals surface area contributed by atoms with Crippen molar-refractivity contribution in [3.05, 3.63) is 28.2 Å². The number of ether oxygens (including phenoxy) is 1. The average molecular weight is 247 g/mol. The molecule has 4 heteroatoms. The highest BCUT2D eigenvalue weighted by Crippen LogP contribution is 2.25. The first-order valence-corrected chi connectivity index (χ1v) is 4.15. The number of rotatable bonds is 2. The molecule has 0 saturated carbocycles. The predicted octanol–water partition coefficient (Wildman–Crippen LogP) is 2.74. The lowest BCUT2D eigenvalue weighted by Crippen LogP contribution is -1.97. The van der Waals surface area contributed by atoms with E-state index in [2.05, 4.69) is 21.9 Å². The van der Waals surface area contributed by atoms with E-state index in [4.69, 9.17) is 11.2 Å². The summed E-state index contributed by atoms with van der Waals surface area (Å²) in [6, 6.07) is 1.93. The highest BCUT2D eigenvalue weighted by atomic mass is 79.9. The van der Waals surface area contributed by atoms with Crippen LogP contribution in [0, 0.1) is 24.0 Å². The van der Waals surface area contributed by atoms with Gasteiger partial charge in [-0.15, -0.1) is 6.42 Å². The second-order valence-electron chi connectivity index (χ2n) is 2.19. The summed E-state index contributed by atoms with van der Waals surface area (Å²) >= 11 is 2.90. The third-order valence-corrected chi connectivity index (χ3v) is 1.89. The van der Waals surface area contributed by atoms with E-state index >= 15 is 0 Å². The van der Waals surface area contributed by atoms with Crippen LogP contribution >= 0.6 is 15.9 Å². The Labute approximate surface area is 82.8 Å². The molecule has 0 aliphatic rings. The number of hydrogen-bond donors (Lipinski definition) is 0. The van der Waals surface area contributed by atoms with Gasteiger partial charge in [-0.3, -0.25) is 0 Å². The molecule has 0 aromatic heterocycles. The smallest absolute Gasteiger partial charge is 0.168 e. The molecule has 0 N–H and O–H groups in total. The molecule has 1 nitrogen and oxygen atoms in total. The van der Waals surface area contributed by atoms with Crippen LogP contribution in [-0.2, 0) is 0 Å². The first kappa shape index (κ1) is 10.0. The van der Waals surface area contributed by atoms with Gasteiger partial charge in [-0.05, 0) is 15.9 Å². The Balaban J connectivity index is 2.96. The lowest BCUT2D eigenvalue weighted by Gasteiger charge is -2.04. The van der Waals surface area contributed by atoms with E-state index in [1.165, 1.54) is 6.07 Å². The molecular weight excluding hydrogens is 242 g/mol. The van der Waals surface area contributed by atoms with Crippen molar-refractivity contribution in [3.63, 3.8) is 0 Å². The standard InChI is InChI=1S/C9H5BrF2O/c1-2-3-13-9-4-6(10)7(11)5-8(9)12/h1,4-5H,3H2. The predicted molar refractivity (Wildman–Crippen MR) is 48.4 cm³/mol. The zero-order valence-corrected chi connectivity index (χ0v) is 8.07. The fraction of sp³-hybridized carbons (Fsp3) is 0.111. The minimum Gasteiger partial charge on any atom is -0.478 e. The summed E-state index contributed by atoms with van der Waals surface area (Å²) in [6.45, 7) is -0.0466. The van der Waals surface area contributed by atoms with Crippen LogP contribution in [0.1, 0.15) is 0 Å². The zero-order chi connectivity index (χ0) is 9.84. The topological polar surface area (TPSA) is 9.23 Å². The Morgan fingerprint density at radius 3 is 2.69 bits per heavy atom. The number of halogens is 3. The van der Waals surface area contributed by atoms with Crippen LogP contribution in [-0.4, -0.2) is 6.61 Å². The van der Waals surface area contributed by atoms with Crippen LogP contribution in [0.4, 0.5) is 8.78 Å². The molecule has 1 aromatic carbocycles. The van der Waals surface area contributed by atoms with E-state index in [0.29, 0.717) is 0 Å². The van der Waals surface area contributed by atoms with E-state index in [1.54, 1.807) is 0 Å². The highest BCUT2D eigenvalue weighted by Gasteiger charge is 2.08. The van der Waals surface area contributed by atoms with Gasteiger partial charge in [0, 0.05) is 12.1 Å².